The molecule has 4 nitrogen and oxygen atoms in total. The number of carboxylic acids is 1. The number of ether oxygens (including phenoxy) is 1. The summed E-state index contributed by atoms with van der Waals surface area (Å²) in [7, 11) is 0. The van der Waals surface area contributed by atoms with Crippen molar-refractivity contribution in [3.8, 4) is 17.1 Å². The minimum Gasteiger partial charge on any atom is -0.479 e. The second kappa shape index (κ2) is 5.40. The van der Waals surface area contributed by atoms with E-state index >= 15 is 0 Å². The lowest BCUT2D eigenvalue weighted by Crippen LogP contribution is -2.25. The van der Waals surface area contributed by atoms with Crippen molar-refractivity contribution in [2.75, 3.05) is 0 Å². The van der Waals surface area contributed by atoms with Gasteiger partial charge in [0.15, 0.2) is 6.10 Å². The minimum atomic E-state index is -0.951. The van der Waals surface area contributed by atoms with Gasteiger partial charge in [0.1, 0.15) is 11.5 Å². The van der Waals surface area contributed by atoms with Crippen LogP contribution in [0.25, 0.3) is 11.3 Å². The summed E-state index contributed by atoms with van der Waals surface area (Å²) in [6.45, 7) is 1.77. The van der Waals surface area contributed by atoms with E-state index in [-0.39, 0.29) is 0 Å². The molecular formula is C14H14O4. The van der Waals surface area contributed by atoms with Crippen LogP contribution in [0.2, 0.25) is 0 Å². The van der Waals surface area contributed by atoms with Crippen LogP contribution < -0.4 is 4.74 Å². The van der Waals surface area contributed by atoms with Gasteiger partial charge in [-0.3, -0.25) is 0 Å². The Labute approximate surface area is 105 Å². The fraction of sp³-hybridized carbons (Fsp3) is 0.214. The third kappa shape index (κ3) is 2.71. The molecule has 1 aromatic carbocycles. The van der Waals surface area contributed by atoms with Gasteiger partial charge < -0.3 is 14.3 Å². The number of rotatable bonds is 5. The Morgan fingerprint density at radius 1 is 1.33 bits per heavy atom. The van der Waals surface area contributed by atoms with Crippen molar-refractivity contribution in [2.24, 2.45) is 0 Å². The lowest BCUT2D eigenvalue weighted by molar-refractivity contribution is -0.145. The molecule has 0 fully saturated rings. The Balaban J connectivity index is 2.10. The number of hydrogen-bond acceptors (Lipinski definition) is 3. The highest BCUT2D eigenvalue weighted by atomic mass is 16.5. The number of aliphatic carboxylic acids is 1. The first-order chi connectivity index (χ1) is 8.70. The molecule has 4 heteroatoms. The number of carboxylic acid groups (broad SMARTS) is 1. The quantitative estimate of drug-likeness (QED) is 0.880. The summed E-state index contributed by atoms with van der Waals surface area (Å²) in [4.78, 5) is 10.8. The second-order valence-corrected chi connectivity index (χ2v) is 3.85. The van der Waals surface area contributed by atoms with Gasteiger partial charge in [0.25, 0.3) is 0 Å². The lowest BCUT2D eigenvalue weighted by atomic mass is 10.1. The molecule has 1 aromatic heterocycles. The Hall–Kier alpha value is -2.23. The topological polar surface area (TPSA) is 59.7 Å². The molecule has 0 saturated heterocycles. The molecular weight excluding hydrogens is 232 g/mol. The van der Waals surface area contributed by atoms with Crippen LogP contribution in [-0.2, 0) is 4.79 Å². The van der Waals surface area contributed by atoms with Crippen molar-refractivity contribution < 1.29 is 19.1 Å². The molecule has 2 rings (SSSR count). The van der Waals surface area contributed by atoms with E-state index < -0.39 is 12.1 Å². The normalized spacial score (nSPS) is 12.1. The van der Waals surface area contributed by atoms with Crippen LogP contribution in [0.3, 0.4) is 0 Å². The van der Waals surface area contributed by atoms with E-state index in [4.69, 9.17) is 14.3 Å². The van der Waals surface area contributed by atoms with Crippen LogP contribution in [0.5, 0.6) is 5.75 Å². The summed E-state index contributed by atoms with van der Waals surface area (Å²) in [5.74, 6) is 0.360. The third-order valence-electron chi connectivity index (χ3n) is 2.58. The van der Waals surface area contributed by atoms with Crippen molar-refractivity contribution in [1.82, 2.24) is 0 Å². The molecule has 1 N–H and O–H groups in total. The summed E-state index contributed by atoms with van der Waals surface area (Å²) < 4.78 is 10.6. The zero-order valence-electron chi connectivity index (χ0n) is 10.00. The van der Waals surface area contributed by atoms with Crippen LogP contribution in [0.4, 0.5) is 0 Å². The van der Waals surface area contributed by atoms with Gasteiger partial charge in [0, 0.05) is 5.56 Å². The van der Waals surface area contributed by atoms with Crippen LogP contribution in [0, 0.1) is 0 Å². The Morgan fingerprint density at radius 3 is 2.56 bits per heavy atom. The number of furan rings is 1. The summed E-state index contributed by atoms with van der Waals surface area (Å²) in [6.07, 6.45) is 1.23. The van der Waals surface area contributed by atoms with Crippen LogP contribution >= 0.6 is 0 Å². The van der Waals surface area contributed by atoms with Crippen molar-refractivity contribution in [3.05, 3.63) is 42.7 Å². The molecule has 2 aromatic rings. The highest BCUT2D eigenvalue weighted by molar-refractivity contribution is 5.72. The molecule has 0 aliphatic rings. The summed E-state index contributed by atoms with van der Waals surface area (Å²) in [6, 6.07) is 10.8. The van der Waals surface area contributed by atoms with Crippen molar-refractivity contribution in [3.63, 3.8) is 0 Å². The van der Waals surface area contributed by atoms with Gasteiger partial charge in [-0.25, -0.2) is 4.79 Å². The molecule has 94 valence electrons. The fourth-order valence-corrected chi connectivity index (χ4v) is 1.61. The van der Waals surface area contributed by atoms with Gasteiger partial charge in [-0.1, -0.05) is 6.92 Å². The molecule has 0 amide bonds. The molecule has 18 heavy (non-hydrogen) atoms. The van der Waals surface area contributed by atoms with E-state index in [2.05, 4.69) is 0 Å². The summed E-state index contributed by atoms with van der Waals surface area (Å²) >= 11 is 0. The highest BCUT2D eigenvalue weighted by Gasteiger charge is 2.16. The summed E-state index contributed by atoms with van der Waals surface area (Å²) in [5, 5.41) is 8.90. The number of benzene rings is 1. The van der Waals surface area contributed by atoms with Crippen molar-refractivity contribution in [2.45, 2.75) is 19.4 Å². The maximum atomic E-state index is 10.8. The SMILES string of the molecule is CCC(Oc1ccc(-c2ccco2)cc1)C(=O)O. The van der Waals surface area contributed by atoms with Gasteiger partial charge in [-0.05, 0) is 42.8 Å². The predicted molar refractivity (Wildman–Crippen MR) is 66.5 cm³/mol. The minimum absolute atomic E-state index is 0.426. The summed E-state index contributed by atoms with van der Waals surface area (Å²) in [5.41, 5.74) is 0.927. The van der Waals surface area contributed by atoms with Gasteiger partial charge >= 0.3 is 5.97 Å². The molecule has 1 unspecified atom stereocenters. The fourth-order valence-electron chi connectivity index (χ4n) is 1.61. The van der Waals surface area contributed by atoms with Crippen LogP contribution in [0.15, 0.2) is 47.1 Å². The van der Waals surface area contributed by atoms with Gasteiger partial charge in [-0.2, -0.15) is 0 Å². The van der Waals surface area contributed by atoms with E-state index in [0.717, 1.165) is 11.3 Å². The molecule has 0 aliphatic heterocycles. The Kier molecular flexibility index (Phi) is 3.67. The van der Waals surface area contributed by atoms with Gasteiger partial charge in [0.2, 0.25) is 0 Å². The van der Waals surface area contributed by atoms with Crippen molar-refractivity contribution in [1.29, 1.82) is 0 Å². The number of hydrogen-bond donors (Lipinski definition) is 1. The number of carbonyl (C=O) groups is 1. The Bertz CT molecular complexity index is 499. The van der Waals surface area contributed by atoms with Crippen LogP contribution in [-0.4, -0.2) is 17.2 Å². The highest BCUT2D eigenvalue weighted by Crippen LogP contribution is 2.23. The monoisotopic (exact) mass is 246 g/mol. The second-order valence-electron chi connectivity index (χ2n) is 3.85. The van der Waals surface area contributed by atoms with Gasteiger partial charge in [-0.15, -0.1) is 0 Å². The zero-order valence-corrected chi connectivity index (χ0v) is 10.00. The molecule has 0 aliphatic carbocycles. The predicted octanol–water partition coefficient (Wildman–Crippen LogP) is 3.19. The molecule has 1 atom stereocenters. The van der Waals surface area contributed by atoms with E-state index in [0.29, 0.717) is 12.2 Å². The largest absolute Gasteiger partial charge is 0.479 e. The molecule has 0 saturated carbocycles. The molecule has 0 bridgehead atoms. The first-order valence-corrected chi connectivity index (χ1v) is 5.74. The maximum Gasteiger partial charge on any atom is 0.344 e. The average Bonchev–Trinajstić information content (AvgIpc) is 2.90. The first kappa shape index (κ1) is 12.2. The average molecular weight is 246 g/mol. The maximum absolute atomic E-state index is 10.8. The third-order valence-corrected chi connectivity index (χ3v) is 2.58. The molecule has 0 radical (unpaired) electrons. The van der Waals surface area contributed by atoms with Crippen molar-refractivity contribution >= 4 is 5.97 Å². The smallest absolute Gasteiger partial charge is 0.344 e. The first-order valence-electron chi connectivity index (χ1n) is 5.74. The zero-order chi connectivity index (χ0) is 13.0. The molecule has 1 heterocycles. The van der Waals surface area contributed by atoms with Crippen LogP contribution in [0.1, 0.15) is 13.3 Å². The lowest BCUT2D eigenvalue weighted by Gasteiger charge is -2.13. The Morgan fingerprint density at radius 2 is 2.06 bits per heavy atom. The van der Waals surface area contributed by atoms with E-state index in [9.17, 15) is 4.79 Å². The van der Waals surface area contributed by atoms with E-state index in [1.54, 1.807) is 25.3 Å². The van der Waals surface area contributed by atoms with E-state index in [1.807, 2.05) is 24.3 Å². The van der Waals surface area contributed by atoms with Gasteiger partial charge in [0.05, 0.1) is 6.26 Å². The standard InChI is InChI=1S/C14H14O4/c1-2-12(14(15)16)18-11-7-5-10(6-8-11)13-4-3-9-17-13/h3-9,12H,2H2,1H3,(H,15,16). The van der Waals surface area contributed by atoms with E-state index in [1.165, 1.54) is 0 Å². The molecule has 0 spiro atoms.